The second-order valence-corrected chi connectivity index (χ2v) is 8.50. The molecule has 36 heavy (non-hydrogen) atoms. The molecule has 0 amide bonds. The van der Waals surface area contributed by atoms with Gasteiger partial charge < -0.3 is 9.64 Å². The number of benzene rings is 3. The van der Waals surface area contributed by atoms with E-state index >= 15 is 0 Å². The number of hydrogen-bond acceptors (Lipinski definition) is 3. The molecule has 1 atom stereocenters. The molecule has 3 heteroatoms. The highest BCUT2D eigenvalue weighted by atomic mass is 16.5. The maximum atomic E-state index is 6.16. The highest BCUT2D eigenvalue weighted by Crippen LogP contribution is 2.40. The highest BCUT2D eigenvalue weighted by molar-refractivity contribution is 5.72. The lowest BCUT2D eigenvalue weighted by molar-refractivity contribution is 0.261. The molecule has 1 saturated heterocycles. The van der Waals surface area contributed by atoms with Crippen molar-refractivity contribution in [2.45, 2.75) is 80.4 Å². The molecule has 5 rings (SSSR count). The van der Waals surface area contributed by atoms with Crippen molar-refractivity contribution in [1.29, 1.82) is 0 Å². The average molecular weight is 489 g/mol. The third-order valence-corrected chi connectivity index (χ3v) is 6.64. The molecular weight excluding hydrogens is 440 g/mol. The van der Waals surface area contributed by atoms with Gasteiger partial charge in [-0.1, -0.05) is 96.1 Å². The van der Waals surface area contributed by atoms with Gasteiger partial charge in [-0.05, 0) is 62.1 Å². The van der Waals surface area contributed by atoms with Crippen molar-refractivity contribution in [3.05, 3.63) is 89.5 Å². The summed E-state index contributed by atoms with van der Waals surface area (Å²) in [6.45, 7) is 18.2. The first-order chi connectivity index (χ1) is 17.8. The van der Waals surface area contributed by atoms with Crippen LogP contribution in [0, 0.1) is 6.92 Å². The molecule has 0 radical (unpaired) electrons. The molecule has 2 heterocycles. The maximum absolute atomic E-state index is 6.16. The molecule has 0 aromatic heterocycles. The zero-order chi connectivity index (χ0) is 26.3. The summed E-state index contributed by atoms with van der Waals surface area (Å²) in [7, 11) is 0. The summed E-state index contributed by atoms with van der Waals surface area (Å²) in [5, 5.41) is 0. The predicted molar refractivity (Wildman–Crippen MR) is 158 cm³/mol. The number of aryl methyl sites for hydroxylation is 1. The van der Waals surface area contributed by atoms with Crippen LogP contribution in [0.25, 0.3) is 0 Å². The fourth-order valence-corrected chi connectivity index (χ4v) is 4.94. The molecule has 3 nitrogen and oxygen atoms in total. The first-order valence-corrected chi connectivity index (χ1v) is 14.2. The lowest BCUT2D eigenvalue weighted by Gasteiger charge is -2.33. The van der Waals surface area contributed by atoms with Crippen molar-refractivity contribution in [2.24, 2.45) is 0 Å². The van der Waals surface area contributed by atoms with Gasteiger partial charge in [0.25, 0.3) is 0 Å². The zero-order valence-corrected chi connectivity index (χ0v) is 23.8. The van der Waals surface area contributed by atoms with Crippen LogP contribution in [-0.4, -0.2) is 30.6 Å². The lowest BCUT2D eigenvalue weighted by Crippen LogP contribution is -2.39. The number of hydrogen-bond donors (Lipinski definition) is 0. The van der Waals surface area contributed by atoms with E-state index in [1.165, 1.54) is 47.5 Å². The number of likely N-dealkylation sites (tertiary alicyclic amines) is 1. The van der Waals surface area contributed by atoms with Gasteiger partial charge in [0.05, 0.1) is 5.69 Å². The van der Waals surface area contributed by atoms with Gasteiger partial charge in [-0.15, -0.1) is 0 Å². The smallest absolute Gasteiger partial charge is 0.143 e. The van der Waals surface area contributed by atoms with Crippen LogP contribution in [0.5, 0.6) is 5.75 Å². The Labute approximate surface area is 221 Å². The van der Waals surface area contributed by atoms with Crippen LogP contribution < -0.4 is 9.64 Å². The van der Waals surface area contributed by atoms with Gasteiger partial charge in [-0.3, -0.25) is 4.90 Å². The van der Waals surface area contributed by atoms with Crippen molar-refractivity contribution in [3.8, 4) is 5.75 Å². The normalized spacial score (nSPS) is 15.9. The Morgan fingerprint density at radius 1 is 0.778 bits per heavy atom. The molecule has 0 aliphatic carbocycles. The Balaban J connectivity index is 0.000000710. The molecule has 3 aromatic rings. The van der Waals surface area contributed by atoms with E-state index in [4.69, 9.17) is 4.74 Å². The minimum absolute atomic E-state index is 0.563. The molecule has 0 saturated carbocycles. The Morgan fingerprint density at radius 2 is 1.42 bits per heavy atom. The third kappa shape index (κ3) is 7.36. The summed E-state index contributed by atoms with van der Waals surface area (Å²) in [5.41, 5.74) is 6.61. The molecule has 196 valence electrons. The van der Waals surface area contributed by atoms with Gasteiger partial charge in [0.1, 0.15) is 12.4 Å². The number of anilines is 2. The van der Waals surface area contributed by atoms with E-state index in [9.17, 15) is 0 Å². The third-order valence-electron chi connectivity index (χ3n) is 6.64. The first kappa shape index (κ1) is 29.5. The van der Waals surface area contributed by atoms with Crippen LogP contribution in [0.2, 0.25) is 0 Å². The second-order valence-electron chi connectivity index (χ2n) is 8.50. The molecule has 0 unspecified atom stereocenters. The summed E-state index contributed by atoms with van der Waals surface area (Å²) in [6.07, 6.45) is 3.67. The van der Waals surface area contributed by atoms with Crippen molar-refractivity contribution in [3.63, 3.8) is 0 Å². The predicted octanol–water partition coefficient (Wildman–Crippen LogP) is 8.81. The van der Waals surface area contributed by atoms with Gasteiger partial charge in [0.2, 0.25) is 0 Å². The van der Waals surface area contributed by atoms with Gasteiger partial charge in [0, 0.05) is 30.4 Å². The summed E-state index contributed by atoms with van der Waals surface area (Å²) < 4.78 is 6.16. The Hall–Kier alpha value is -2.78. The maximum Gasteiger partial charge on any atom is 0.143 e. The monoisotopic (exact) mass is 488 g/mol. The minimum Gasteiger partial charge on any atom is -0.487 e. The van der Waals surface area contributed by atoms with Crippen LogP contribution in [0.15, 0.2) is 72.8 Å². The van der Waals surface area contributed by atoms with Crippen LogP contribution in [0.1, 0.15) is 71.1 Å². The first-order valence-electron chi connectivity index (χ1n) is 14.2. The average Bonchev–Trinajstić information content (AvgIpc) is 3.34. The molecule has 0 N–H and O–H groups in total. The van der Waals surface area contributed by atoms with Crippen molar-refractivity contribution in [1.82, 2.24) is 4.90 Å². The fourth-order valence-electron chi connectivity index (χ4n) is 4.94. The van der Waals surface area contributed by atoms with Crippen LogP contribution >= 0.6 is 0 Å². The van der Waals surface area contributed by atoms with Crippen LogP contribution in [-0.2, 0) is 13.0 Å². The summed E-state index contributed by atoms with van der Waals surface area (Å²) in [6, 6.07) is 26.5. The quantitative estimate of drug-likeness (QED) is 0.357. The summed E-state index contributed by atoms with van der Waals surface area (Å²) in [5.74, 6) is 0.984. The van der Waals surface area contributed by atoms with Crippen molar-refractivity contribution < 1.29 is 4.74 Å². The number of para-hydroxylation sites is 3. The van der Waals surface area contributed by atoms with Crippen LogP contribution in [0.4, 0.5) is 11.4 Å². The number of ether oxygens (including phenoxy) is 1. The van der Waals surface area contributed by atoms with E-state index in [2.05, 4.69) is 89.5 Å². The molecule has 0 bridgehead atoms. The zero-order valence-electron chi connectivity index (χ0n) is 23.8. The molecule has 1 fully saturated rings. The van der Waals surface area contributed by atoms with Gasteiger partial charge >= 0.3 is 0 Å². The van der Waals surface area contributed by atoms with Crippen molar-refractivity contribution >= 4 is 11.4 Å². The van der Waals surface area contributed by atoms with E-state index in [0.29, 0.717) is 12.6 Å². The Morgan fingerprint density at radius 3 is 2.17 bits per heavy atom. The van der Waals surface area contributed by atoms with E-state index in [1.807, 2.05) is 41.5 Å². The highest BCUT2D eigenvalue weighted by Gasteiger charge is 2.29. The second kappa shape index (κ2) is 16.1. The van der Waals surface area contributed by atoms with E-state index < -0.39 is 0 Å². The molecule has 2 aliphatic heterocycles. The number of fused-ring (bicyclic) bond motifs is 2. The number of nitrogens with zero attached hydrogens (tertiary/aromatic N) is 2. The summed E-state index contributed by atoms with van der Waals surface area (Å²) >= 11 is 0. The SMILES string of the molecule is CC.CC.CC.Cc1ccccc1CCN1CCC[C@@H]1CN1c2ccccc2COc2ccccc21. The largest absolute Gasteiger partial charge is 0.487 e. The Kier molecular flexibility index (Phi) is 13.1. The molecule has 2 aliphatic rings. The molecular formula is C33H48N2O. The van der Waals surface area contributed by atoms with Gasteiger partial charge in [-0.2, -0.15) is 0 Å². The van der Waals surface area contributed by atoms with E-state index in [1.54, 1.807) is 0 Å². The van der Waals surface area contributed by atoms with E-state index in [0.717, 1.165) is 25.3 Å². The van der Waals surface area contributed by atoms with Crippen LogP contribution in [0.3, 0.4) is 0 Å². The Bertz CT molecular complexity index is 968. The molecule has 3 aromatic carbocycles. The van der Waals surface area contributed by atoms with E-state index in [-0.39, 0.29) is 0 Å². The van der Waals surface area contributed by atoms with Gasteiger partial charge in [-0.25, -0.2) is 0 Å². The topological polar surface area (TPSA) is 15.7 Å². The van der Waals surface area contributed by atoms with Crippen molar-refractivity contribution in [2.75, 3.05) is 24.5 Å². The van der Waals surface area contributed by atoms with Gasteiger partial charge in [0.15, 0.2) is 0 Å². The summed E-state index contributed by atoms with van der Waals surface area (Å²) in [4.78, 5) is 5.19. The lowest BCUT2D eigenvalue weighted by atomic mass is 10.1. The molecule has 0 spiro atoms. The number of rotatable bonds is 5. The fraction of sp³-hybridized carbons (Fsp3) is 0.455. The standard InChI is InChI=1S/C27H30N2O.3C2H6/c1-21-9-2-3-10-22(21)16-18-28-17-8-12-24(28)19-29-25-13-5-4-11-23(25)20-30-27-15-7-6-14-26(27)29;3*1-2/h2-7,9-11,13-15,24H,8,12,16-20H2,1H3;3*1-2H3/t24-;;;/m1.../s1. The minimum atomic E-state index is 0.563.